The predicted octanol–water partition coefficient (Wildman–Crippen LogP) is 4.98. The van der Waals surface area contributed by atoms with Crippen LogP contribution >= 0.6 is 0 Å². The Balaban J connectivity index is 0.999. The van der Waals surface area contributed by atoms with E-state index in [4.69, 9.17) is 4.74 Å². The Hall–Kier alpha value is -5.25. The largest absolute Gasteiger partial charge is 0.507 e. The first-order valence-corrected chi connectivity index (χ1v) is 16.7. The summed E-state index contributed by atoms with van der Waals surface area (Å²) in [6.07, 6.45) is 5.39. The van der Waals surface area contributed by atoms with Gasteiger partial charge in [0.25, 0.3) is 0 Å². The lowest BCUT2D eigenvalue weighted by Gasteiger charge is -2.45. The molecule has 1 atom stereocenters. The van der Waals surface area contributed by atoms with Crippen molar-refractivity contribution in [1.82, 2.24) is 20.4 Å². The number of ether oxygens (including phenoxy) is 1. The number of rotatable bonds is 7. The molecule has 3 aliphatic rings. The van der Waals surface area contributed by atoms with Crippen molar-refractivity contribution >= 4 is 23.4 Å². The number of likely N-dealkylation sites (tertiary alicyclic amines) is 1. The van der Waals surface area contributed by atoms with Crippen LogP contribution in [-0.2, 0) is 19.8 Å². The normalized spacial score (nSPS) is 19.9. The molecule has 7 rings (SSSR count). The summed E-state index contributed by atoms with van der Waals surface area (Å²) in [5, 5.41) is 21.3. The summed E-state index contributed by atoms with van der Waals surface area (Å²) in [4.78, 5) is 42.5. The van der Waals surface area contributed by atoms with Crippen LogP contribution in [-0.4, -0.2) is 70.2 Å². The van der Waals surface area contributed by atoms with Gasteiger partial charge < -0.3 is 19.6 Å². The predicted molar refractivity (Wildman–Crippen MR) is 180 cm³/mol. The minimum absolute atomic E-state index is 0.0116. The van der Waals surface area contributed by atoms with E-state index in [2.05, 4.69) is 32.5 Å². The molecule has 4 heterocycles. The van der Waals surface area contributed by atoms with E-state index in [1.807, 2.05) is 65.6 Å². The van der Waals surface area contributed by atoms with Gasteiger partial charge in [0, 0.05) is 51.0 Å². The molecule has 0 radical (unpaired) electrons. The van der Waals surface area contributed by atoms with Gasteiger partial charge in [-0.15, -0.1) is 0 Å². The number of nitrogens with one attached hydrogen (secondary N) is 1. The lowest BCUT2D eigenvalue weighted by Crippen LogP contribution is -2.55. The molecule has 0 bridgehead atoms. The first-order valence-electron chi connectivity index (χ1n) is 16.7. The van der Waals surface area contributed by atoms with Crippen molar-refractivity contribution < 1.29 is 24.2 Å². The maximum atomic E-state index is 14.5. The van der Waals surface area contributed by atoms with Gasteiger partial charge in [-0.1, -0.05) is 54.6 Å². The summed E-state index contributed by atoms with van der Waals surface area (Å²) in [7, 11) is 0. The number of para-hydroxylation sites is 1. The highest BCUT2D eigenvalue weighted by atomic mass is 16.5. The molecule has 0 spiro atoms. The fraction of sp³-hybridized carbons (Fsp3) is 0.342. The molecular formula is C38H39N5O5. The maximum Gasteiger partial charge on any atom is 0.234 e. The number of imide groups is 1. The molecule has 10 heteroatoms. The molecule has 2 N–H and O–H groups in total. The van der Waals surface area contributed by atoms with Crippen LogP contribution in [0.25, 0.3) is 11.3 Å². The number of carbonyl (C=O) groups is 3. The molecular weight excluding hydrogens is 606 g/mol. The Morgan fingerprint density at radius 2 is 1.58 bits per heavy atom. The number of anilines is 1. The van der Waals surface area contributed by atoms with Crippen LogP contribution in [0.1, 0.15) is 55.6 Å². The Morgan fingerprint density at radius 3 is 2.29 bits per heavy atom. The third-order valence-electron chi connectivity index (χ3n) is 10.1. The molecule has 0 saturated carbocycles. The second-order valence-corrected chi connectivity index (χ2v) is 12.9. The molecule has 48 heavy (non-hydrogen) atoms. The lowest BCUT2D eigenvalue weighted by atomic mass is 9.71. The van der Waals surface area contributed by atoms with Crippen molar-refractivity contribution in [2.45, 2.75) is 56.0 Å². The van der Waals surface area contributed by atoms with E-state index in [0.717, 1.165) is 35.4 Å². The maximum absolute atomic E-state index is 14.5. The number of aromatic nitrogens is 2. The number of hydrogen-bond acceptors (Lipinski definition) is 8. The highest BCUT2D eigenvalue weighted by Crippen LogP contribution is 2.40. The number of phenolic OH excluding ortho intramolecular Hbond substituents is 1. The van der Waals surface area contributed by atoms with E-state index < -0.39 is 5.41 Å². The van der Waals surface area contributed by atoms with Gasteiger partial charge in [-0.3, -0.25) is 19.7 Å². The minimum Gasteiger partial charge on any atom is -0.507 e. The lowest BCUT2D eigenvalue weighted by molar-refractivity contribution is -0.140. The van der Waals surface area contributed by atoms with Crippen LogP contribution in [0.4, 0.5) is 5.69 Å². The molecule has 0 aliphatic carbocycles. The summed E-state index contributed by atoms with van der Waals surface area (Å²) in [6, 6.07) is 26.8. The summed E-state index contributed by atoms with van der Waals surface area (Å²) >= 11 is 0. The molecule has 10 nitrogen and oxygen atoms in total. The highest BCUT2D eigenvalue weighted by Gasteiger charge is 2.46. The van der Waals surface area contributed by atoms with Crippen molar-refractivity contribution in [2.24, 2.45) is 0 Å². The van der Waals surface area contributed by atoms with E-state index in [-0.39, 0.29) is 35.5 Å². The van der Waals surface area contributed by atoms with Gasteiger partial charge in [0.2, 0.25) is 17.7 Å². The number of aromatic hydroxyl groups is 1. The Kier molecular flexibility index (Phi) is 8.80. The smallest absolute Gasteiger partial charge is 0.234 e. The summed E-state index contributed by atoms with van der Waals surface area (Å²) < 4.78 is 6.31. The van der Waals surface area contributed by atoms with E-state index in [1.165, 1.54) is 0 Å². The number of nitrogens with zero attached hydrogens (tertiary/aromatic N) is 4. The average molecular weight is 646 g/mol. The molecule has 3 saturated heterocycles. The fourth-order valence-electron chi connectivity index (χ4n) is 7.34. The zero-order valence-electron chi connectivity index (χ0n) is 26.8. The second-order valence-electron chi connectivity index (χ2n) is 12.9. The van der Waals surface area contributed by atoms with Gasteiger partial charge >= 0.3 is 0 Å². The number of piperidine rings is 3. The number of benzene rings is 3. The molecule has 1 aromatic heterocycles. The van der Waals surface area contributed by atoms with Crippen LogP contribution in [0.15, 0.2) is 91.1 Å². The van der Waals surface area contributed by atoms with Crippen LogP contribution in [0.2, 0.25) is 0 Å². The van der Waals surface area contributed by atoms with Crippen LogP contribution in [0.5, 0.6) is 11.5 Å². The average Bonchev–Trinajstić information content (AvgIpc) is 3.13. The van der Waals surface area contributed by atoms with Crippen LogP contribution in [0, 0.1) is 0 Å². The van der Waals surface area contributed by atoms with Crippen LogP contribution in [0.3, 0.4) is 0 Å². The second kappa shape index (κ2) is 13.5. The molecule has 4 aromatic rings. The zero-order valence-corrected chi connectivity index (χ0v) is 26.8. The topological polar surface area (TPSA) is 125 Å². The SMILES string of the molecule is O=C1CC[C@H](c2ccc(OC3CCN(C(=O)C4(c5ccccc5)CCN(c5cnnc(-c6ccccc6O)c5)CC4)CC3)cc2)C(=O)N1. The van der Waals surface area contributed by atoms with E-state index in [9.17, 15) is 19.5 Å². The number of carbonyl (C=O) groups excluding carboxylic acids is 3. The van der Waals surface area contributed by atoms with Gasteiger partial charge in [-0.25, -0.2) is 0 Å². The van der Waals surface area contributed by atoms with E-state index >= 15 is 0 Å². The number of hydrogen-bond donors (Lipinski definition) is 2. The Morgan fingerprint density at radius 1 is 0.875 bits per heavy atom. The van der Waals surface area contributed by atoms with E-state index in [1.54, 1.807) is 18.3 Å². The van der Waals surface area contributed by atoms with Crippen molar-refractivity contribution in [3.8, 4) is 22.8 Å². The van der Waals surface area contributed by atoms with Gasteiger partial charge in [-0.2, -0.15) is 10.2 Å². The zero-order chi connectivity index (χ0) is 33.1. The fourth-order valence-corrected chi connectivity index (χ4v) is 7.34. The monoisotopic (exact) mass is 645 g/mol. The summed E-state index contributed by atoms with van der Waals surface area (Å²) in [5.74, 6) is 0.279. The minimum atomic E-state index is -0.627. The Bertz CT molecular complexity index is 1780. The molecule has 3 aromatic carbocycles. The third-order valence-corrected chi connectivity index (χ3v) is 10.1. The first kappa shape index (κ1) is 31.4. The quantitative estimate of drug-likeness (QED) is 0.270. The molecule has 0 unspecified atom stereocenters. The van der Waals surface area contributed by atoms with Gasteiger partial charge in [0.1, 0.15) is 17.6 Å². The Labute approximate surface area is 279 Å². The van der Waals surface area contributed by atoms with Gasteiger partial charge in [-0.05, 0) is 60.7 Å². The molecule has 3 amide bonds. The van der Waals surface area contributed by atoms with Crippen molar-refractivity contribution in [2.75, 3.05) is 31.1 Å². The van der Waals surface area contributed by atoms with Crippen molar-refractivity contribution in [3.63, 3.8) is 0 Å². The van der Waals surface area contributed by atoms with Crippen molar-refractivity contribution in [1.29, 1.82) is 0 Å². The van der Waals surface area contributed by atoms with Crippen molar-refractivity contribution in [3.05, 3.63) is 102 Å². The van der Waals surface area contributed by atoms with Crippen LogP contribution < -0.4 is 15.0 Å². The summed E-state index contributed by atoms with van der Waals surface area (Å²) in [6.45, 7) is 2.60. The molecule has 246 valence electrons. The number of amides is 3. The summed E-state index contributed by atoms with van der Waals surface area (Å²) in [5.41, 5.74) is 3.46. The standard InChI is InChI=1S/C38H39N5O5/c44-34-9-5-4-8-32(34)33-24-28(25-39-41-33)42-22-18-38(19-23-42,27-6-2-1-3-7-27)37(47)43-20-16-30(17-21-43)48-29-12-10-26(11-13-29)31-14-15-35(45)40-36(31)46/h1-13,24-25,30-31,44H,14-23H2,(H,40,45,46)/t31-/m1/s1. The van der Waals surface area contributed by atoms with Gasteiger partial charge in [0.05, 0.1) is 28.9 Å². The highest BCUT2D eigenvalue weighted by molar-refractivity contribution is 6.00. The van der Waals surface area contributed by atoms with E-state index in [0.29, 0.717) is 63.1 Å². The third kappa shape index (κ3) is 6.34. The molecule has 3 aliphatic heterocycles. The molecule has 3 fully saturated rings. The number of phenols is 1. The first-order chi connectivity index (χ1) is 23.4. The van der Waals surface area contributed by atoms with Gasteiger partial charge in [0.15, 0.2) is 0 Å².